The van der Waals surface area contributed by atoms with E-state index in [2.05, 4.69) is 10.1 Å². The number of carbonyl (C=O) groups excluding carboxylic acids is 1. The molecule has 0 spiro atoms. The summed E-state index contributed by atoms with van der Waals surface area (Å²) in [5.41, 5.74) is 0. The van der Waals surface area contributed by atoms with Crippen molar-refractivity contribution in [3.8, 4) is 5.75 Å². The number of aromatic nitrogens is 2. The summed E-state index contributed by atoms with van der Waals surface area (Å²) < 4.78 is 11.2. The normalized spacial score (nSPS) is 24.7. The van der Waals surface area contributed by atoms with Crippen molar-refractivity contribution in [3.05, 3.63) is 36.0 Å². The van der Waals surface area contributed by atoms with Gasteiger partial charge in [0.25, 0.3) is 0 Å². The zero-order valence-electron chi connectivity index (χ0n) is 11.3. The Hall–Kier alpha value is -1.82. The molecule has 2 aliphatic rings. The molecule has 0 amide bonds. The Kier molecular flexibility index (Phi) is 3.18. The number of ether oxygens (including phenoxy) is 1. The van der Waals surface area contributed by atoms with Gasteiger partial charge in [-0.2, -0.15) is 4.98 Å². The minimum Gasteiger partial charge on any atom is -0.480 e. The fourth-order valence-corrected chi connectivity index (χ4v) is 3.72. The zero-order chi connectivity index (χ0) is 14.2. The largest absolute Gasteiger partial charge is 0.480 e. The van der Waals surface area contributed by atoms with Gasteiger partial charge < -0.3 is 9.26 Å². The fraction of sp³-hybridized carbons (Fsp3) is 0.400. The molecule has 4 rings (SSSR count). The van der Waals surface area contributed by atoms with E-state index in [0.717, 1.165) is 29.2 Å². The Balaban J connectivity index is 1.55. The van der Waals surface area contributed by atoms with Crippen molar-refractivity contribution < 1.29 is 14.1 Å². The minimum absolute atomic E-state index is 0.203. The molecule has 108 valence electrons. The Morgan fingerprint density at radius 1 is 1.29 bits per heavy atom. The van der Waals surface area contributed by atoms with E-state index in [1.54, 1.807) is 11.8 Å². The second kappa shape index (κ2) is 5.18. The molecule has 21 heavy (non-hydrogen) atoms. The van der Waals surface area contributed by atoms with E-state index in [4.69, 9.17) is 9.26 Å². The summed E-state index contributed by atoms with van der Waals surface area (Å²) in [5.74, 6) is 2.56. The monoisotopic (exact) mass is 302 g/mol. The number of hydrogen-bond acceptors (Lipinski definition) is 6. The summed E-state index contributed by atoms with van der Waals surface area (Å²) in [4.78, 5) is 17.3. The maximum Gasteiger partial charge on any atom is 0.237 e. The second-order valence-electron chi connectivity index (χ2n) is 5.27. The quantitative estimate of drug-likeness (QED) is 0.849. The molecule has 6 heteroatoms. The molecule has 1 aromatic carbocycles. The molecular formula is C15H14N2O3S. The maximum atomic E-state index is 11.8. The lowest BCUT2D eigenvalue weighted by molar-refractivity contribution is -0.119. The van der Waals surface area contributed by atoms with Crippen molar-refractivity contribution in [3.63, 3.8) is 0 Å². The lowest BCUT2D eigenvalue weighted by atomic mass is 10.1. The number of hydrogen-bond donors (Lipinski definition) is 0. The molecule has 5 nitrogen and oxygen atoms in total. The summed E-state index contributed by atoms with van der Waals surface area (Å²) in [5, 5.41) is 4.02. The summed E-state index contributed by atoms with van der Waals surface area (Å²) in [6, 6.07) is 7.92. The molecule has 1 aliphatic carbocycles. The number of benzene rings is 1. The van der Waals surface area contributed by atoms with Crippen LogP contribution in [0.25, 0.3) is 0 Å². The van der Waals surface area contributed by atoms with Gasteiger partial charge in [-0.15, -0.1) is 11.8 Å². The number of ketones is 1. The van der Waals surface area contributed by atoms with E-state index in [-0.39, 0.29) is 17.8 Å². The molecule has 1 saturated carbocycles. The Labute approximate surface area is 126 Å². The molecule has 2 heterocycles. The first-order valence-corrected chi connectivity index (χ1v) is 8.04. The van der Waals surface area contributed by atoms with Crippen LogP contribution in [0.5, 0.6) is 5.75 Å². The van der Waals surface area contributed by atoms with E-state index in [0.29, 0.717) is 18.1 Å². The molecule has 2 atom stereocenters. The van der Waals surface area contributed by atoms with Crippen LogP contribution < -0.4 is 4.74 Å². The third-order valence-electron chi connectivity index (χ3n) is 3.86. The van der Waals surface area contributed by atoms with Crippen LogP contribution in [0, 0.1) is 0 Å². The summed E-state index contributed by atoms with van der Waals surface area (Å²) in [6.07, 6.45) is 2.11. The second-order valence-corrected chi connectivity index (χ2v) is 6.33. The maximum absolute atomic E-state index is 11.8. The van der Waals surface area contributed by atoms with E-state index >= 15 is 0 Å². The number of para-hydroxylation sites is 1. The zero-order valence-corrected chi connectivity index (χ0v) is 12.1. The average Bonchev–Trinajstić information content (AvgIpc) is 3.15. The van der Waals surface area contributed by atoms with Gasteiger partial charge in [0.05, 0.1) is 5.92 Å². The summed E-state index contributed by atoms with van der Waals surface area (Å²) in [7, 11) is 0. The van der Waals surface area contributed by atoms with E-state index < -0.39 is 0 Å². The summed E-state index contributed by atoms with van der Waals surface area (Å²) >= 11 is 1.72. The van der Waals surface area contributed by atoms with Crippen molar-refractivity contribution >= 4 is 17.5 Å². The molecule has 0 N–H and O–H groups in total. The predicted molar refractivity (Wildman–Crippen MR) is 76.4 cm³/mol. The van der Waals surface area contributed by atoms with E-state index in [9.17, 15) is 4.79 Å². The molecule has 1 aliphatic heterocycles. The first-order chi connectivity index (χ1) is 10.3. The Morgan fingerprint density at radius 3 is 3.05 bits per heavy atom. The number of rotatable bonds is 2. The van der Waals surface area contributed by atoms with Crippen LogP contribution in [0.15, 0.2) is 33.7 Å². The van der Waals surface area contributed by atoms with Crippen LogP contribution in [-0.4, -0.2) is 21.7 Å². The number of fused-ring (bicyclic) bond motifs is 1. The van der Waals surface area contributed by atoms with Gasteiger partial charge in [-0.05, 0) is 25.0 Å². The van der Waals surface area contributed by atoms with Crippen molar-refractivity contribution in [2.45, 2.75) is 36.2 Å². The first kappa shape index (κ1) is 12.9. The van der Waals surface area contributed by atoms with Gasteiger partial charge in [-0.3, -0.25) is 4.79 Å². The number of nitrogens with zero attached hydrogens (tertiary/aromatic N) is 2. The molecule has 1 fully saturated rings. The van der Waals surface area contributed by atoms with Gasteiger partial charge in [-0.1, -0.05) is 17.3 Å². The lowest BCUT2D eigenvalue weighted by Gasteiger charge is -2.22. The standard InChI is InChI=1S/C15H14N2O3S/c18-10-5-3-4-9(10)15-16-14(17-20-15)12-8-21-13-7-2-1-6-11(13)19-12/h1-2,6-7,9,12H,3-5,8H2. The fourth-order valence-electron chi connectivity index (χ4n) is 2.74. The van der Waals surface area contributed by atoms with Gasteiger partial charge in [0, 0.05) is 17.1 Å². The summed E-state index contributed by atoms with van der Waals surface area (Å²) in [6.45, 7) is 0. The van der Waals surface area contributed by atoms with E-state index in [1.807, 2.05) is 24.3 Å². The van der Waals surface area contributed by atoms with Crippen LogP contribution in [-0.2, 0) is 4.79 Å². The van der Waals surface area contributed by atoms with Gasteiger partial charge in [0.2, 0.25) is 11.7 Å². The van der Waals surface area contributed by atoms with Crippen molar-refractivity contribution in [2.24, 2.45) is 0 Å². The molecule has 0 bridgehead atoms. The molecule has 1 aromatic heterocycles. The van der Waals surface area contributed by atoms with Crippen LogP contribution in [0.1, 0.15) is 43.0 Å². The van der Waals surface area contributed by atoms with E-state index in [1.165, 1.54) is 0 Å². The average molecular weight is 302 g/mol. The highest BCUT2D eigenvalue weighted by Crippen LogP contribution is 2.40. The topological polar surface area (TPSA) is 65.2 Å². The third-order valence-corrected chi connectivity index (χ3v) is 4.97. The highest BCUT2D eigenvalue weighted by atomic mass is 32.2. The van der Waals surface area contributed by atoms with Gasteiger partial charge in [-0.25, -0.2) is 0 Å². The Bertz CT molecular complexity index is 685. The van der Waals surface area contributed by atoms with Gasteiger partial charge in [0.1, 0.15) is 11.5 Å². The van der Waals surface area contributed by atoms with Crippen LogP contribution >= 0.6 is 11.8 Å². The smallest absolute Gasteiger partial charge is 0.237 e. The number of Topliss-reactive ketones (excluding diaryl/α,β-unsaturated/α-hetero) is 1. The molecular weight excluding hydrogens is 288 g/mol. The highest BCUT2D eigenvalue weighted by molar-refractivity contribution is 7.99. The van der Waals surface area contributed by atoms with Crippen LogP contribution in [0.4, 0.5) is 0 Å². The SMILES string of the molecule is O=C1CCCC1c1nc(C2CSc3ccccc3O2)no1. The van der Waals surface area contributed by atoms with Crippen LogP contribution in [0.2, 0.25) is 0 Å². The van der Waals surface area contributed by atoms with Gasteiger partial charge in [0.15, 0.2) is 6.10 Å². The van der Waals surface area contributed by atoms with Crippen molar-refractivity contribution in [2.75, 3.05) is 5.75 Å². The molecule has 0 radical (unpaired) electrons. The van der Waals surface area contributed by atoms with Gasteiger partial charge >= 0.3 is 0 Å². The Morgan fingerprint density at radius 2 is 2.19 bits per heavy atom. The van der Waals surface area contributed by atoms with Crippen molar-refractivity contribution in [1.29, 1.82) is 0 Å². The predicted octanol–water partition coefficient (Wildman–Crippen LogP) is 3.13. The number of carbonyl (C=O) groups is 1. The molecule has 2 unspecified atom stereocenters. The third kappa shape index (κ3) is 2.33. The molecule has 0 saturated heterocycles. The lowest BCUT2D eigenvalue weighted by Crippen LogP contribution is -2.16. The van der Waals surface area contributed by atoms with Crippen molar-refractivity contribution in [1.82, 2.24) is 10.1 Å². The number of thioether (sulfide) groups is 1. The minimum atomic E-state index is -0.223. The van der Waals surface area contributed by atoms with Crippen LogP contribution in [0.3, 0.4) is 0 Å². The first-order valence-electron chi connectivity index (χ1n) is 7.06. The molecule has 2 aromatic rings. The highest BCUT2D eigenvalue weighted by Gasteiger charge is 2.33.